The van der Waals surface area contributed by atoms with Crippen molar-refractivity contribution in [1.82, 2.24) is 20.1 Å². The number of nitrogens with zero attached hydrogens (tertiary/aromatic N) is 3. The minimum atomic E-state index is -0.676. The van der Waals surface area contributed by atoms with E-state index in [0.29, 0.717) is 24.0 Å². The van der Waals surface area contributed by atoms with E-state index >= 15 is 0 Å². The number of nitrogens with one attached hydrogen (secondary N) is 2. The highest BCUT2D eigenvalue weighted by molar-refractivity contribution is 6.39. The third kappa shape index (κ3) is 3.62. The smallest absolute Gasteiger partial charge is 0.313 e. The Bertz CT molecular complexity index is 780. The second-order valence-corrected chi connectivity index (χ2v) is 6.55. The first-order valence-corrected chi connectivity index (χ1v) is 8.29. The number of likely N-dealkylation sites (tertiary alicyclic amines) is 1. The Morgan fingerprint density at radius 3 is 2.92 bits per heavy atom. The van der Waals surface area contributed by atoms with Crippen molar-refractivity contribution in [1.29, 1.82) is 0 Å². The van der Waals surface area contributed by atoms with Crippen molar-refractivity contribution < 1.29 is 11.0 Å². The summed E-state index contributed by atoms with van der Waals surface area (Å²) in [5.41, 5.74) is 7.72. The largest absolute Gasteiger partial charge is 0.383 e. The van der Waals surface area contributed by atoms with Crippen LogP contribution < -0.4 is 11.1 Å². The van der Waals surface area contributed by atoms with Gasteiger partial charge in [0, 0.05) is 14.2 Å². The first-order chi connectivity index (χ1) is 12.0. The number of carbonyl (C=O) groups excluding carboxylic acids is 2. The van der Waals surface area contributed by atoms with E-state index in [1.807, 2.05) is 6.07 Å². The Hall–Kier alpha value is -2.90. The average Bonchev–Trinajstić information content (AvgIpc) is 3.11. The standard InChI is InChI=1S/C17H22N6O2.H2/c1-10-3-4-14(13-5-6-20-22-13)23(9-10)17(25)16(24)21-12-7-11(2)15(18)19-8-12;/h5-8,10,14H,3-4,9H2,1-2H3,(H2,18,19)(H,20,22)(H,21,24);1H/t10-,14+;/m1./s1. The molecule has 3 heterocycles. The van der Waals surface area contributed by atoms with Crippen LogP contribution in [0.15, 0.2) is 24.5 Å². The average molecular weight is 344 g/mol. The number of pyridine rings is 1. The van der Waals surface area contributed by atoms with Gasteiger partial charge in [-0.15, -0.1) is 0 Å². The van der Waals surface area contributed by atoms with Crippen LogP contribution in [-0.4, -0.2) is 38.4 Å². The Balaban J connectivity index is 0.00000243. The number of hydrogen-bond donors (Lipinski definition) is 3. The molecule has 1 saturated heterocycles. The molecule has 2 aromatic heterocycles. The van der Waals surface area contributed by atoms with Crippen LogP contribution in [0.2, 0.25) is 0 Å². The number of piperidine rings is 1. The summed E-state index contributed by atoms with van der Waals surface area (Å²) in [5, 5.41) is 9.48. The highest BCUT2D eigenvalue weighted by Gasteiger charge is 2.34. The van der Waals surface area contributed by atoms with Crippen LogP contribution in [0.25, 0.3) is 0 Å². The number of rotatable bonds is 2. The SMILES string of the molecule is Cc1cc(NC(=O)C(=O)N2C[C@H](C)CC[C@H]2c2ccn[nH]2)cnc1N.[HH]. The molecule has 0 radical (unpaired) electrons. The van der Waals surface area contributed by atoms with Gasteiger partial charge < -0.3 is 16.0 Å². The summed E-state index contributed by atoms with van der Waals surface area (Å²) in [6.45, 7) is 4.41. The molecule has 4 N–H and O–H groups in total. The zero-order chi connectivity index (χ0) is 18.0. The highest BCUT2D eigenvalue weighted by Crippen LogP contribution is 2.32. The van der Waals surface area contributed by atoms with E-state index in [4.69, 9.17) is 5.73 Å². The lowest BCUT2D eigenvalue weighted by Crippen LogP contribution is -2.46. The van der Waals surface area contributed by atoms with E-state index in [1.54, 1.807) is 24.1 Å². The molecule has 0 saturated carbocycles. The summed E-state index contributed by atoms with van der Waals surface area (Å²) >= 11 is 0. The lowest BCUT2D eigenvalue weighted by atomic mass is 9.92. The van der Waals surface area contributed by atoms with Gasteiger partial charge in [0.25, 0.3) is 0 Å². The van der Waals surface area contributed by atoms with Gasteiger partial charge in [0.2, 0.25) is 0 Å². The second-order valence-electron chi connectivity index (χ2n) is 6.55. The minimum absolute atomic E-state index is 0. The zero-order valence-electron chi connectivity index (χ0n) is 14.3. The van der Waals surface area contributed by atoms with Gasteiger partial charge in [0.05, 0.1) is 23.6 Å². The molecular weight excluding hydrogens is 320 g/mol. The Morgan fingerprint density at radius 2 is 2.24 bits per heavy atom. The number of carbonyl (C=O) groups is 2. The summed E-state index contributed by atoms with van der Waals surface area (Å²) in [5.74, 6) is -0.491. The summed E-state index contributed by atoms with van der Waals surface area (Å²) in [4.78, 5) is 30.8. The van der Waals surface area contributed by atoms with Crippen LogP contribution in [0.4, 0.5) is 11.5 Å². The van der Waals surface area contributed by atoms with Gasteiger partial charge in [-0.25, -0.2) is 4.98 Å². The molecule has 2 atom stereocenters. The monoisotopic (exact) mass is 344 g/mol. The number of aromatic nitrogens is 3. The van der Waals surface area contributed by atoms with Crippen molar-refractivity contribution >= 4 is 23.3 Å². The van der Waals surface area contributed by atoms with Crippen molar-refractivity contribution in [2.45, 2.75) is 32.7 Å². The maximum Gasteiger partial charge on any atom is 0.313 e. The molecule has 25 heavy (non-hydrogen) atoms. The number of nitrogen functional groups attached to an aromatic ring is 1. The summed E-state index contributed by atoms with van der Waals surface area (Å²) in [6.07, 6.45) is 4.89. The zero-order valence-corrected chi connectivity index (χ0v) is 14.3. The molecule has 3 rings (SSSR count). The van der Waals surface area contributed by atoms with Gasteiger partial charge in [-0.3, -0.25) is 14.7 Å². The maximum atomic E-state index is 12.7. The van der Waals surface area contributed by atoms with E-state index in [-0.39, 0.29) is 7.47 Å². The van der Waals surface area contributed by atoms with Crippen molar-refractivity contribution in [3.8, 4) is 0 Å². The van der Waals surface area contributed by atoms with E-state index in [9.17, 15) is 9.59 Å². The van der Waals surface area contributed by atoms with Crippen LogP contribution >= 0.6 is 0 Å². The van der Waals surface area contributed by atoms with Crippen molar-refractivity contribution in [2.75, 3.05) is 17.6 Å². The van der Waals surface area contributed by atoms with Gasteiger partial charge in [-0.1, -0.05) is 6.92 Å². The number of H-pyrrole nitrogens is 1. The number of aromatic amines is 1. The normalized spacial score (nSPS) is 20.3. The third-order valence-electron chi connectivity index (χ3n) is 4.53. The predicted molar refractivity (Wildman–Crippen MR) is 95.6 cm³/mol. The fourth-order valence-electron chi connectivity index (χ4n) is 3.12. The molecule has 0 bridgehead atoms. The molecule has 1 fully saturated rings. The topological polar surface area (TPSA) is 117 Å². The summed E-state index contributed by atoms with van der Waals surface area (Å²) in [7, 11) is 0. The van der Waals surface area contributed by atoms with Gasteiger partial charge in [-0.05, 0) is 43.4 Å². The molecule has 2 aromatic rings. The first kappa shape index (κ1) is 16.9. The van der Waals surface area contributed by atoms with E-state index in [1.165, 1.54) is 6.20 Å². The number of anilines is 2. The lowest BCUT2D eigenvalue weighted by molar-refractivity contribution is -0.146. The quantitative estimate of drug-likeness (QED) is 0.719. The van der Waals surface area contributed by atoms with Crippen LogP contribution in [0.1, 0.15) is 38.5 Å². The Kier molecular flexibility index (Phi) is 4.69. The molecule has 8 heteroatoms. The van der Waals surface area contributed by atoms with Gasteiger partial charge in [-0.2, -0.15) is 5.10 Å². The molecule has 0 aromatic carbocycles. The third-order valence-corrected chi connectivity index (χ3v) is 4.53. The van der Waals surface area contributed by atoms with Gasteiger partial charge in [0.1, 0.15) is 5.82 Å². The van der Waals surface area contributed by atoms with Crippen LogP contribution in [0.3, 0.4) is 0 Å². The Morgan fingerprint density at radius 1 is 1.44 bits per heavy atom. The second kappa shape index (κ2) is 6.92. The van der Waals surface area contributed by atoms with Crippen LogP contribution in [0.5, 0.6) is 0 Å². The summed E-state index contributed by atoms with van der Waals surface area (Å²) in [6, 6.07) is 3.37. The van der Waals surface area contributed by atoms with Crippen LogP contribution in [-0.2, 0) is 9.59 Å². The minimum Gasteiger partial charge on any atom is -0.383 e. The van der Waals surface area contributed by atoms with Gasteiger partial charge >= 0.3 is 11.8 Å². The lowest BCUT2D eigenvalue weighted by Gasteiger charge is -2.37. The first-order valence-electron chi connectivity index (χ1n) is 8.29. The molecule has 134 valence electrons. The molecule has 8 nitrogen and oxygen atoms in total. The van der Waals surface area contributed by atoms with E-state index in [2.05, 4.69) is 27.4 Å². The number of nitrogens with two attached hydrogens (primary N) is 1. The predicted octanol–water partition coefficient (Wildman–Crippen LogP) is 1.88. The Labute approximate surface area is 147 Å². The number of hydrogen-bond acceptors (Lipinski definition) is 5. The molecule has 2 amide bonds. The molecule has 0 spiro atoms. The van der Waals surface area contributed by atoms with Crippen molar-refractivity contribution in [3.05, 3.63) is 35.8 Å². The maximum absolute atomic E-state index is 12.7. The molecular formula is C17H24N6O2. The molecule has 0 aliphatic carbocycles. The number of aryl methyl sites for hydroxylation is 1. The number of amides is 2. The fourth-order valence-corrected chi connectivity index (χ4v) is 3.12. The van der Waals surface area contributed by atoms with Crippen molar-refractivity contribution in [3.63, 3.8) is 0 Å². The molecule has 0 unspecified atom stereocenters. The van der Waals surface area contributed by atoms with Crippen LogP contribution in [0, 0.1) is 12.8 Å². The molecule has 1 aliphatic heterocycles. The van der Waals surface area contributed by atoms with E-state index in [0.717, 1.165) is 24.1 Å². The van der Waals surface area contributed by atoms with Crippen molar-refractivity contribution in [2.24, 2.45) is 5.92 Å². The summed E-state index contributed by atoms with van der Waals surface area (Å²) < 4.78 is 0. The molecule has 1 aliphatic rings. The highest BCUT2D eigenvalue weighted by atomic mass is 16.2. The van der Waals surface area contributed by atoms with E-state index < -0.39 is 11.8 Å². The fraction of sp³-hybridized carbons (Fsp3) is 0.412. The van der Waals surface area contributed by atoms with Gasteiger partial charge in [0.15, 0.2) is 0 Å².